The highest BCUT2D eigenvalue weighted by atomic mass is 35.5. The van der Waals surface area contributed by atoms with Crippen LogP contribution in [0.15, 0.2) is 49.2 Å². The molecule has 0 radical (unpaired) electrons. The van der Waals surface area contributed by atoms with Crippen LogP contribution in [0.1, 0.15) is 0 Å². The number of imidazole rings is 1. The summed E-state index contributed by atoms with van der Waals surface area (Å²) >= 11 is 6.36. The first-order valence-electron chi connectivity index (χ1n) is 10.1. The fourth-order valence-corrected chi connectivity index (χ4v) is 4.44. The van der Waals surface area contributed by atoms with E-state index in [0.29, 0.717) is 65.0 Å². The fourth-order valence-electron chi connectivity index (χ4n) is 4.22. The van der Waals surface area contributed by atoms with Crippen LogP contribution in [0.3, 0.4) is 0 Å². The second kappa shape index (κ2) is 7.54. The second-order valence-corrected chi connectivity index (χ2v) is 7.88. The normalized spacial score (nSPS) is 14.5. The highest BCUT2D eigenvalue weighted by Crippen LogP contribution is 2.37. The predicted octanol–water partition coefficient (Wildman–Crippen LogP) is 3.99. The first-order chi connectivity index (χ1) is 15.7. The molecule has 8 nitrogen and oxygen atoms in total. The Balaban J connectivity index is 1.66. The number of morpholine rings is 1. The first-order valence-corrected chi connectivity index (χ1v) is 10.5. The molecular weight excluding hydrogens is 433 g/mol. The zero-order valence-corrected chi connectivity index (χ0v) is 17.6. The molecular formula is C22H17ClFN7O. The summed E-state index contributed by atoms with van der Waals surface area (Å²) in [7, 11) is 0. The average molecular weight is 450 g/mol. The predicted molar refractivity (Wildman–Crippen MR) is 120 cm³/mol. The summed E-state index contributed by atoms with van der Waals surface area (Å²) in [5.41, 5.74) is 3.38. The van der Waals surface area contributed by atoms with Crippen LogP contribution in [0.25, 0.3) is 39.0 Å². The molecule has 0 bridgehead atoms. The van der Waals surface area contributed by atoms with Crippen molar-refractivity contribution >= 4 is 39.2 Å². The van der Waals surface area contributed by atoms with Crippen molar-refractivity contribution in [2.24, 2.45) is 0 Å². The molecule has 4 heterocycles. The molecule has 0 spiro atoms. The molecule has 32 heavy (non-hydrogen) atoms. The van der Waals surface area contributed by atoms with E-state index in [0.717, 1.165) is 11.1 Å². The van der Waals surface area contributed by atoms with Gasteiger partial charge in [0.1, 0.15) is 23.7 Å². The highest BCUT2D eigenvalue weighted by molar-refractivity contribution is 6.35. The largest absolute Gasteiger partial charge is 0.378 e. The van der Waals surface area contributed by atoms with Gasteiger partial charge in [-0.05, 0) is 18.2 Å². The Hall–Kier alpha value is -3.56. The minimum absolute atomic E-state index is 0.352. The number of ether oxygens (including phenoxy) is 1. The lowest BCUT2D eigenvalue weighted by Gasteiger charge is -2.29. The van der Waals surface area contributed by atoms with Crippen molar-refractivity contribution in [2.75, 3.05) is 31.2 Å². The van der Waals surface area contributed by atoms with Gasteiger partial charge in [-0.1, -0.05) is 23.7 Å². The van der Waals surface area contributed by atoms with Gasteiger partial charge in [-0.2, -0.15) is 0 Å². The molecule has 1 N–H and O–H groups in total. The Morgan fingerprint density at radius 3 is 2.75 bits per heavy atom. The minimum atomic E-state index is -0.352. The lowest BCUT2D eigenvalue weighted by molar-refractivity contribution is 0.122. The Labute approximate surface area is 186 Å². The molecule has 3 aromatic heterocycles. The Kier molecular flexibility index (Phi) is 4.51. The fraction of sp³-hybridized carbons (Fsp3) is 0.182. The molecule has 0 saturated carbocycles. The topological polar surface area (TPSA) is 84.8 Å². The van der Waals surface area contributed by atoms with Gasteiger partial charge < -0.3 is 14.6 Å². The summed E-state index contributed by atoms with van der Waals surface area (Å²) in [6, 6.07) is 9.16. The van der Waals surface area contributed by atoms with E-state index < -0.39 is 0 Å². The monoisotopic (exact) mass is 449 g/mol. The molecule has 0 atom stereocenters. The van der Waals surface area contributed by atoms with Crippen LogP contribution >= 0.6 is 11.6 Å². The van der Waals surface area contributed by atoms with Gasteiger partial charge >= 0.3 is 0 Å². The van der Waals surface area contributed by atoms with Gasteiger partial charge in [0.05, 0.1) is 35.1 Å². The summed E-state index contributed by atoms with van der Waals surface area (Å²) in [6.07, 6.45) is 4.77. The summed E-state index contributed by atoms with van der Waals surface area (Å²) in [4.78, 5) is 14.0. The molecule has 1 saturated heterocycles. The number of aromatic amines is 1. The van der Waals surface area contributed by atoms with Crippen LogP contribution in [0.4, 0.5) is 10.1 Å². The number of nitrogens with one attached hydrogen (secondary N) is 1. The summed E-state index contributed by atoms with van der Waals surface area (Å²) in [5, 5.41) is 9.38. The van der Waals surface area contributed by atoms with E-state index in [1.807, 2.05) is 23.1 Å². The van der Waals surface area contributed by atoms with Gasteiger partial charge in [0.25, 0.3) is 0 Å². The number of H-pyrrole nitrogens is 1. The molecule has 1 aliphatic heterocycles. The third-order valence-electron chi connectivity index (χ3n) is 5.72. The molecule has 1 fully saturated rings. The lowest BCUT2D eigenvalue weighted by atomic mass is 10.1. The molecule has 0 aliphatic carbocycles. The van der Waals surface area contributed by atoms with E-state index >= 15 is 4.39 Å². The Bertz CT molecular complexity index is 1440. The van der Waals surface area contributed by atoms with E-state index in [1.54, 1.807) is 29.2 Å². The van der Waals surface area contributed by atoms with Gasteiger partial charge in [0, 0.05) is 30.2 Å². The molecule has 1 aliphatic rings. The third-order valence-corrected chi connectivity index (χ3v) is 6.02. The number of fused-ring (bicyclic) bond motifs is 2. The molecule has 5 aromatic rings. The number of nitrogens with zero attached hydrogens (tertiary/aromatic N) is 6. The van der Waals surface area contributed by atoms with Crippen molar-refractivity contribution in [3.05, 3.63) is 60.0 Å². The molecule has 6 rings (SSSR count). The quantitative estimate of drug-likeness (QED) is 0.448. The number of pyridine rings is 1. The maximum atomic E-state index is 16.1. The van der Waals surface area contributed by atoms with E-state index in [-0.39, 0.29) is 5.82 Å². The van der Waals surface area contributed by atoms with Gasteiger partial charge in [-0.15, -0.1) is 10.2 Å². The van der Waals surface area contributed by atoms with Crippen LogP contribution < -0.4 is 4.90 Å². The number of hydrogen-bond donors (Lipinski definition) is 1. The lowest BCUT2D eigenvalue weighted by Crippen LogP contribution is -2.36. The SMILES string of the molecule is Fc1c(N2CCOCC2)cc(-c2nnc[nH]2)c2ncn(-c3ccnc4c(Cl)cccc34)c12. The van der Waals surface area contributed by atoms with Crippen LogP contribution in [-0.4, -0.2) is 56.0 Å². The summed E-state index contributed by atoms with van der Waals surface area (Å²) in [5.74, 6) is 0.173. The van der Waals surface area contributed by atoms with Crippen LogP contribution in [0.5, 0.6) is 0 Å². The number of benzene rings is 2. The van der Waals surface area contributed by atoms with Crippen LogP contribution in [0.2, 0.25) is 5.02 Å². The van der Waals surface area contributed by atoms with Crippen molar-refractivity contribution in [2.45, 2.75) is 0 Å². The van der Waals surface area contributed by atoms with Crippen molar-refractivity contribution in [1.82, 2.24) is 29.7 Å². The molecule has 2 aromatic carbocycles. The smallest absolute Gasteiger partial charge is 0.172 e. The minimum Gasteiger partial charge on any atom is -0.378 e. The van der Waals surface area contributed by atoms with Crippen molar-refractivity contribution in [3.8, 4) is 17.1 Å². The number of hydrogen-bond acceptors (Lipinski definition) is 6. The second-order valence-electron chi connectivity index (χ2n) is 7.47. The number of halogens is 2. The summed E-state index contributed by atoms with van der Waals surface area (Å²) < 4.78 is 23.3. The standard InChI is InChI=1S/C22H17ClFN7O/c23-15-3-1-2-13-16(4-5-25-19(13)15)31-12-27-20-14(22-26-11-28-29-22)10-17(18(24)21(20)31)30-6-8-32-9-7-30/h1-5,10-12H,6-9H2,(H,26,28,29). The molecule has 0 amide bonds. The highest BCUT2D eigenvalue weighted by Gasteiger charge is 2.25. The van der Waals surface area contributed by atoms with E-state index in [1.165, 1.54) is 6.33 Å². The molecule has 0 unspecified atom stereocenters. The third kappa shape index (κ3) is 2.93. The molecule has 10 heteroatoms. The van der Waals surface area contributed by atoms with Gasteiger partial charge in [-0.25, -0.2) is 9.37 Å². The average Bonchev–Trinajstić information content (AvgIpc) is 3.51. The van der Waals surface area contributed by atoms with Crippen molar-refractivity contribution in [1.29, 1.82) is 0 Å². The maximum Gasteiger partial charge on any atom is 0.172 e. The number of aromatic nitrogens is 6. The van der Waals surface area contributed by atoms with Gasteiger partial charge in [0.15, 0.2) is 11.6 Å². The number of rotatable bonds is 3. The maximum absolute atomic E-state index is 16.1. The number of para-hydroxylation sites is 1. The molecule has 160 valence electrons. The zero-order chi connectivity index (χ0) is 21.7. The van der Waals surface area contributed by atoms with Crippen molar-refractivity contribution < 1.29 is 9.13 Å². The van der Waals surface area contributed by atoms with Gasteiger partial charge in [0.2, 0.25) is 0 Å². The van der Waals surface area contributed by atoms with Crippen LogP contribution in [0, 0.1) is 5.82 Å². The zero-order valence-electron chi connectivity index (χ0n) is 16.8. The van der Waals surface area contributed by atoms with Gasteiger partial charge in [-0.3, -0.25) is 9.55 Å². The van der Waals surface area contributed by atoms with E-state index in [9.17, 15) is 0 Å². The Morgan fingerprint density at radius 2 is 1.94 bits per heavy atom. The first kappa shape index (κ1) is 19.1. The van der Waals surface area contributed by atoms with E-state index in [2.05, 4.69) is 25.1 Å². The summed E-state index contributed by atoms with van der Waals surface area (Å²) in [6.45, 7) is 2.28. The number of anilines is 1. The van der Waals surface area contributed by atoms with Crippen LogP contribution in [-0.2, 0) is 4.74 Å². The van der Waals surface area contributed by atoms with Crippen molar-refractivity contribution in [3.63, 3.8) is 0 Å². The Morgan fingerprint density at radius 1 is 1.06 bits per heavy atom. The van der Waals surface area contributed by atoms with E-state index in [4.69, 9.17) is 16.3 Å².